The van der Waals surface area contributed by atoms with E-state index in [0.29, 0.717) is 13.2 Å². The van der Waals surface area contributed by atoms with Crippen LogP contribution in [0.2, 0.25) is 0 Å². The van der Waals surface area contributed by atoms with E-state index in [-0.39, 0.29) is 0 Å². The smallest absolute Gasteiger partial charge is 0.161 e. The van der Waals surface area contributed by atoms with Crippen LogP contribution in [0.3, 0.4) is 0 Å². The predicted molar refractivity (Wildman–Crippen MR) is 60.2 cm³/mol. The maximum Gasteiger partial charge on any atom is 0.161 e. The van der Waals surface area contributed by atoms with Crippen LogP contribution < -0.4 is 15.2 Å². The fraction of sp³-hybridized carbons (Fsp3) is 0.500. The summed E-state index contributed by atoms with van der Waals surface area (Å²) in [5, 5.41) is 0. The van der Waals surface area contributed by atoms with E-state index in [2.05, 4.69) is 11.8 Å². The molecule has 0 unspecified atom stereocenters. The SMILES string of the molecule is CCOc1ccc(CC[NH3+])cc1OCC. The summed E-state index contributed by atoms with van der Waals surface area (Å²) >= 11 is 0. The van der Waals surface area contributed by atoms with Crippen molar-refractivity contribution in [2.24, 2.45) is 0 Å². The maximum absolute atomic E-state index is 5.53. The summed E-state index contributed by atoms with van der Waals surface area (Å²) in [6, 6.07) is 6.08. The van der Waals surface area contributed by atoms with E-state index in [1.807, 2.05) is 26.0 Å². The second kappa shape index (κ2) is 6.30. The van der Waals surface area contributed by atoms with Gasteiger partial charge in [-0.25, -0.2) is 0 Å². The first-order valence-electron chi connectivity index (χ1n) is 5.49. The Bertz CT molecular complexity index is 300. The fourth-order valence-corrected chi connectivity index (χ4v) is 1.46. The number of rotatable bonds is 6. The highest BCUT2D eigenvalue weighted by atomic mass is 16.5. The van der Waals surface area contributed by atoms with Gasteiger partial charge in [-0.3, -0.25) is 0 Å². The van der Waals surface area contributed by atoms with Gasteiger partial charge in [0.05, 0.1) is 19.8 Å². The van der Waals surface area contributed by atoms with Crippen molar-refractivity contribution >= 4 is 0 Å². The highest BCUT2D eigenvalue weighted by molar-refractivity contribution is 5.43. The van der Waals surface area contributed by atoms with E-state index in [0.717, 1.165) is 24.5 Å². The molecule has 84 valence electrons. The first-order chi connectivity index (χ1) is 7.31. The van der Waals surface area contributed by atoms with Gasteiger partial charge in [-0.05, 0) is 31.5 Å². The third kappa shape index (κ3) is 3.44. The highest BCUT2D eigenvalue weighted by Crippen LogP contribution is 2.28. The molecule has 0 heterocycles. The molecule has 1 rings (SSSR count). The van der Waals surface area contributed by atoms with Crippen LogP contribution in [0.4, 0.5) is 0 Å². The van der Waals surface area contributed by atoms with E-state index >= 15 is 0 Å². The van der Waals surface area contributed by atoms with Gasteiger partial charge in [-0.1, -0.05) is 6.07 Å². The number of ether oxygens (including phenoxy) is 2. The molecule has 0 atom stereocenters. The predicted octanol–water partition coefficient (Wildman–Crippen LogP) is 1.27. The Kier molecular flexibility index (Phi) is 4.98. The summed E-state index contributed by atoms with van der Waals surface area (Å²) in [5.74, 6) is 1.66. The molecule has 3 heteroatoms. The molecule has 0 spiro atoms. The van der Waals surface area contributed by atoms with Gasteiger partial charge in [-0.15, -0.1) is 0 Å². The van der Waals surface area contributed by atoms with Crippen LogP contribution in [0, 0.1) is 0 Å². The van der Waals surface area contributed by atoms with Crippen LogP contribution >= 0.6 is 0 Å². The lowest BCUT2D eigenvalue weighted by Gasteiger charge is -2.11. The van der Waals surface area contributed by atoms with E-state index in [1.54, 1.807) is 0 Å². The van der Waals surface area contributed by atoms with Crippen molar-refractivity contribution in [1.29, 1.82) is 0 Å². The molecule has 0 fully saturated rings. The molecular formula is C12H20NO2+. The minimum Gasteiger partial charge on any atom is -0.490 e. The quantitative estimate of drug-likeness (QED) is 0.768. The van der Waals surface area contributed by atoms with Crippen molar-refractivity contribution in [2.45, 2.75) is 20.3 Å². The van der Waals surface area contributed by atoms with Gasteiger partial charge in [0.1, 0.15) is 0 Å². The summed E-state index contributed by atoms with van der Waals surface area (Å²) in [5.41, 5.74) is 5.09. The van der Waals surface area contributed by atoms with Crippen LogP contribution in [0.5, 0.6) is 11.5 Å². The molecule has 0 aliphatic rings. The molecule has 1 aromatic carbocycles. The van der Waals surface area contributed by atoms with Gasteiger partial charge in [0.2, 0.25) is 0 Å². The molecule has 0 aliphatic heterocycles. The lowest BCUT2D eigenvalue weighted by molar-refractivity contribution is -0.366. The lowest BCUT2D eigenvalue weighted by Crippen LogP contribution is -2.51. The van der Waals surface area contributed by atoms with Crippen LogP contribution in [0.25, 0.3) is 0 Å². The Morgan fingerprint density at radius 2 is 1.73 bits per heavy atom. The van der Waals surface area contributed by atoms with Crippen molar-refractivity contribution < 1.29 is 15.2 Å². The number of quaternary nitrogens is 1. The van der Waals surface area contributed by atoms with Crippen molar-refractivity contribution in [3.63, 3.8) is 0 Å². The Balaban J connectivity index is 2.87. The van der Waals surface area contributed by atoms with Gasteiger partial charge < -0.3 is 15.2 Å². The number of benzene rings is 1. The zero-order valence-corrected chi connectivity index (χ0v) is 9.58. The summed E-state index contributed by atoms with van der Waals surface area (Å²) < 4.78 is 11.0. The summed E-state index contributed by atoms with van der Waals surface area (Å²) in [6.07, 6.45) is 0.979. The average Bonchev–Trinajstić information content (AvgIpc) is 2.23. The molecule has 1 aromatic rings. The van der Waals surface area contributed by atoms with Crippen LogP contribution in [0.1, 0.15) is 19.4 Å². The van der Waals surface area contributed by atoms with Gasteiger partial charge >= 0.3 is 0 Å². The van der Waals surface area contributed by atoms with Gasteiger partial charge in [0.15, 0.2) is 11.5 Å². The van der Waals surface area contributed by atoms with Crippen LogP contribution in [-0.4, -0.2) is 19.8 Å². The molecule has 0 radical (unpaired) electrons. The summed E-state index contributed by atoms with van der Waals surface area (Å²) in [4.78, 5) is 0. The zero-order chi connectivity index (χ0) is 11.1. The number of hydrogen-bond acceptors (Lipinski definition) is 2. The van der Waals surface area contributed by atoms with Crippen LogP contribution in [0.15, 0.2) is 18.2 Å². The molecule has 3 N–H and O–H groups in total. The van der Waals surface area contributed by atoms with Crippen molar-refractivity contribution in [3.8, 4) is 11.5 Å². The Hall–Kier alpha value is -1.22. The van der Waals surface area contributed by atoms with Crippen molar-refractivity contribution in [3.05, 3.63) is 23.8 Å². The lowest BCUT2D eigenvalue weighted by atomic mass is 10.1. The molecular weight excluding hydrogens is 190 g/mol. The standard InChI is InChI=1S/C12H19NO2/c1-3-14-11-6-5-10(7-8-13)9-12(11)15-4-2/h5-6,9H,3-4,7-8,13H2,1-2H3/p+1. The second-order valence-corrected chi connectivity index (χ2v) is 3.25. The molecule has 15 heavy (non-hydrogen) atoms. The maximum atomic E-state index is 5.53. The van der Waals surface area contributed by atoms with E-state index in [9.17, 15) is 0 Å². The summed E-state index contributed by atoms with van der Waals surface area (Å²) in [6.45, 7) is 6.17. The molecule has 0 bridgehead atoms. The van der Waals surface area contributed by atoms with E-state index < -0.39 is 0 Å². The van der Waals surface area contributed by atoms with Gasteiger partial charge in [-0.2, -0.15) is 0 Å². The largest absolute Gasteiger partial charge is 0.490 e. The first kappa shape index (κ1) is 11.9. The number of hydrogen-bond donors (Lipinski definition) is 1. The monoisotopic (exact) mass is 210 g/mol. The molecule has 0 saturated carbocycles. The summed E-state index contributed by atoms with van der Waals surface area (Å²) in [7, 11) is 0. The third-order valence-electron chi connectivity index (χ3n) is 2.07. The second-order valence-electron chi connectivity index (χ2n) is 3.25. The highest BCUT2D eigenvalue weighted by Gasteiger charge is 2.05. The zero-order valence-electron chi connectivity index (χ0n) is 9.58. The van der Waals surface area contributed by atoms with Gasteiger partial charge in [0, 0.05) is 6.42 Å². The minimum absolute atomic E-state index is 0.661. The average molecular weight is 210 g/mol. The normalized spacial score (nSPS) is 10.1. The van der Waals surface area contributed by atoms with Gasteiger partial charge in [0.25, 0.3) is 0 Å². The van der Waals surface area contributed by atoms with Crippen molar-refractivity contribution in [2.75, 3.05) is 19.8 Å². The first-order valence-corrected chi connectivity index (χ1v) is 5.49. The van der Waals surface area contributed by atoms with Crippen molar-refractivity contribution in [1.82, 2.24) is 0 Å². The van der Waals surface area contributed by atoms with E-state index in [1.165, 1.54) is 5.56 Å². The fourth-order valence-electron chi connectivity index (χ4n) is 1.46. The molecule has 0 aromatic heterocycles. The third-order valence-corrected chi connectivity index (χ3v) is 2.07. The Labute approximate surface area is 91.2 Å². The molecule has 0 saturated heterocycles. The van der Waals surface area contributed by atoms with E-state index in [4.69, 9.17) is 9.47 Å². The Morgan fingerprint density at radius 1 is 1.07 bits per heavy atom. The molecule has 0 aliphatic carbocycles. The molecule has 3 nitrogen and oxygen atoms in total. The topological polar surface area (TPSA) is 46.1 Å². The minimum atomic E-state index is 0.661. The molecule has 0 amide bonds. The Morgan fingerprint density at radius 3 is 2.33 bits per heavy atom. The van der Waals surface area contributed by atoms with Crippen LogP contribution in [-0.2, 0) is 6.42 Å².